The Morgan fingerprint density at radius 2 is 2.35 bits per heavy atom. The number of urea groups is 1. The van der Waals surface area contributed by atoms with Crippen LogP contribution in [0.5, 0.6) is 0 Å². The maximum absolute atomic E-state index is 11.8. The second-order valence-corrected chi connectivity index (χ2v) is 4.68. The van der Waals surface area contributed by atoms with Crippen molar-refractivity contribution in [3.63, 3.8) is 0 Å². The number of pyridine rings is 1. The normalized spacial score (nSPS) is 14.8. The van der Waals surface area contributed by atoms with Crippen LogP contribution >= 0.6 is 11.6 Å². The third-order valence-corrected chi connectivity index (χ3v) is 3.03. The highest BCUT2D eigenvalue weighted by atomic mass is 35.5. The van der Waals surface area contributed by atoms with E-state index in [0.717, 1.165) is 12.1 Å². The first-order chi connectivity index (χ1) is 8.08. The van der Waals surface area contributed by atoms with E-state index in [-0.39, 0.29) is 6.03 Å². The lowest BCUT2D eigenvalue weighted by molar-refractivity contribution is 0.199. The third-order valence-electron chi connectivity index (χ3n) is 2.68. The SMILES string of the molecule is CN(C)CCN1Cc2c(Cl)ccnc2NC1=O. The molecule has 1 aliphatic rings. The largest absolute Gasteiger partial charge is 0.323 e. The number of likely N-dealkylation sites (N-methyl/N-ethyl adjacent to an activating group) is 1. The topological polar surface area (TPSA) is 48.5 Å². The van der Waals surface area contributed by atoms with Gasteiger partial charge in [-0.15, -0.1) is 0 Å². The van der Waals surface area contributed by atoms with Gasteiger partial charge >= 0.3 is 6.03 Å². The van der Waals surface area contributed by atoms with Crippen molar-refractivity contribution in [3.8, 4) is 0 Å². The van der Waals surface area contributed by atoms with E-state index >= 15 is 0 Å². The summed E-state index contributed by atoms with van der Waals surface area (Å²) in [5.41, 5.74) is 0.882. The van der Waals surface area contributed by atoms with Gasteiger partial charge in [-0.1, -0.05) is 11.6 Å². The Labute approximate surface area is 105 Å². The number of amides is 2. The average Bonchev–Trinajstić information content (AvgIpc) is 2.27. The van der Waals surface area contributed by atoms with E-state index < -0.39 is 0 Å². The molecule has 0 aromatic carbocycles. The van der Waals surface area contributed by atoms with Crippen LogP contribution in [0.25, 0.3) is 0 Å². The zero-order chi connectivity index (χ0) is 12.4. The number of rotatable bonds is 3. The lowest BCUT2D eigenvalue weighted by atomic mass is 10.2. The molecule has 2 rings (SSSR count). The van der Waals surface area contributed by atoms with Crippen LogP contribution in [-0.2, 0) is 6.54 Å². The van der Waals surface area contributed by atoms with E-state index in [4.69, 9.17) is 11.6 Å². The summed E-state index contributed by atoms with van der Waals surface area (Å²) in [6.07, 6.45) is 1.59. The predicted molar refractivity (Wildman–Crippen MR) is 67.2 cm³/mol. The van der Waals surface area contributed by atoms with Gasteiger partial charge in [-0.05, 0) is 20.2 Å². The summed E-state index contributed by atoms with van der Waals surface area (Å²) in [6.45, 7) is 2.01. The van der Waals surface area contributed by atoms with Crippen molar-refractivity contribution >= 4 is 23.4 Å². The molecule has 0 spiro atoms. The van der Waals surface area contributed by atoms with E-state index in [1.807, 2.05) is 19.0 Å². The molecule has 1 N–H and O–H groups in total. The van der Waals surface area contributed by atoms with Crippen LogP contribution in [0, 0.1) is 0 Å². The van der Waals surface area contributed by atoms with Crippen molar-refractivity contribution < 1.29 is 4.79 Å². The molecule has 0 fully saturated rings. The number of fused-ring (bicyclic) bond motifs is 1. The minimum absolute atomic E-state index is 0.117. The Kier molecular flexibility index (Phi) is 3.49. The van der Waals surface area contributed by atoms with Crippen molar-refractivity contribution in [2.75, 3.05) is 32.5 Å². The summed E-state index contributed by atoms with van der Waals surface area (Å²) in [6, 6.07) is 1.62. The van der Waals surface area contributed by atoms with Gasteiger partial charge in [-0.3, -0.25) is 5.32 Å². The van der Waals surface area contributed by atoms with E-state index in [2.05, 4.69) is 10.3 Å². The quantitative estimate of drug-likeness (QED) is 0.892. The minimum Gasteiger partial charge on any atom is -0.319 e. The standard InChI is InChI=1S/C11H15ClN4O/c1-15(2)5-6-16-7-8-9(12)3-4-13-10(8)14-11(16)17/h3-4H,5-7H2,1-2H3,(H,13,14,17). The molecule has 0 saturated heterocycles. The highest BCUT2D eigenvalue weighted by Crippen LogP contribution is 2.27. The minimum atomic E-state index is -0.117. The van der Waals surface area contributed by atoms with Gasteiger partial charge in [0.2, 0.25) is 0 Å². The summed E-state index contributed by atoms with van der Waals surface area (Å²) in [7, 11) is 3.95. The van der Waals surface area contributed by atoms with Gasteiger partial charge in [0.25, 0.3) is 0 Å². The van der Waals surface area contributed by atoms with E-state index in [1.54, 1.807) is 17.2 Å². The molecule has 17 heavy (non-hydrogen) atoms. The van der Waals surface area contributed by atoms with Crippen molar-refractivity contribution in [1.29, 1.82) is 0 Å². The summed E-state index contributed by atoms with van der Waals surface area (Å²) >= 11 is 6.09. The second kappa shape index (κ2) is 4.89. The number of aromatic nitrogens is 1. The molecule has 1 aliphatic heterocycles. The molecule has 2 amide bonds. The first-order valence-corrected chi connectivity index (χ1v) is 5.80. The van der Waals surface area contributed by atoms with Gasteiger partial charge in [-0.2, -0.15) is 0 Å². The zero-order valence-corrected chi connectivity index (χ0v) is 10.7. The van der Waals surface area contributed by atoms with Crippen LogP contribution < -0.4 is 5.32 Å². The first-order valence-electron chi connectivity index (χ1n) is 5.42. The molecule has 2 heterocycles. The van der Waals surface area contributed by atoms with Gasteiger partial charge in [0.15, 0.2) is 0 Å². The number of carbonyl (C=O) groups is 1. The van der Waals surface area contributed by atoms with Crippen molar-refractivity contribution in [2.45, 2.75) is 6.54 Å². The maximum Gasteiger partial charge on any atom is 0.323 e. The number of hydrogen-bond donors (Lipinski definition) is 1. The monoisotopic (exact) mass is 254 g/mol. The smallest absolute Gasteiger partial charge is 0.319 e. The Morgan fingerprint density at radius 1 is 1.59 bits per heavy atom. The molecule has 6 heteroatoms. The molecule has 0 radical (unpaired) electrons. The van der Waals surface area contributed by atoms with Crippen LogP contribution in [-0.4, -0.2) is 48.0 Å². The van der Waals surface area contributed by atoms with Crippen LogP contribution in [0.15, 0.2) is 12.3 Å². The number of hydrogen-bond acceptors (Lipinski definition) is 3. The van der Waals surface area contributed by atoms with Gasteiger partial charge in [0.1, 0.15) is 5.82 Å². The lowest BCUT2D eigenvalue weighted by Gasteiger charge is -2.29. The van der Waals surface area contributed by atoms with Crippen LogP contribution in [0.4, 0.5) is 10.6 Å². The van der Waals surface area contributed by atoms with Crippen LogP contribution in [0.1, 0.15) is 5.56 Å². The molecule has 0 aliphatic carbocycles. The molecule has 5 nitrogen and oxygen atoms in total. The Balaban J connectivity index is 2.14. The molecule has 0 bridgehead atoms. The molecular weight excluding hydrogens is 240 g/mol. The average molecular weight is 255 g/mol. The fourth-order valence-electron chi connectivity index (χ4n) is 1.67. The molecule has 0 atom stereocenters. The maximum atomic E-state index is 11.8. The van der Waals surface area contributed by atoms with Crippen LogP contribution in [0.3, 0.4) is 0 Å². The van der Waals surface area contributed by atoms with Gasteiger partial charge in [0.05, 0.1) is 11.6 Å². The van der Waals surface area contributed by atoms with Crippen molar-refractivity contribution in [3.05, 3.63) is 22.8 Å². The van der Waals surface area contributed by atoms with Gasteiger partial charge < -0.3 is 9.80 Å². The summed E-state index contributed by atoms with van der Waals surface area (Å²) in [5.74, 6) is 0.573. The molecule has 1 aromatic rings. The van der Waals surface area contributed by atoms with Crippen LogP contribution in [0.2, 0.25) is 5.02 Å². The highest BCUT2D eigenvalue weighted by molar-refractivity contribution is 6.31. The fourth-order valence-corrected chi connectivity index (χ4v) is 1.88. The number of nitrogens with one attached hydrogen (secondary N) is 1. The number of anilines is 1. The second-order valence-electron chi connectivity index (χ2n) is 4.27. The third kappa shape index (κ3) is 2.68. The fraction of sp³-hybridized carbons (Fsp3) is 0.455. The van der Waals surface area contributed by atoms with Gasteiger partial charge in [-0.25, -0.2) is 9.78 Å². The molecule has 92 valence electrons. The molecule has 0 saturated carbocycles. The molecular formula is C11H15ClN4O. The van der Waals surface area contributed by atoms with E-state index in [9.17, 15) is 4.79 Å². The molecule has 1 aromatic heterocycles. The Morgan fingerprint density at radius 3 is 3.06 bits per heavy atom. The lowest BCUT2D eigenvalue weighted by Crippen LogP contribution is -2.42. The Bertz CT molecular complexity index is 435. The van der Waals surface area contributed by atoms with E-state index in [1.165, 1.54) is 0 Å². The van der Waals surface area contributed by atoms with E-state index in [0.29, 0.717) is 23.9 Å². The highest BCUT2D eigenvalue weighted by Gasteiger charge is 2.24. The van der Waals surface area contributed by atoms with Crippen molar-refractivity contribution in [2.24, 2.45) is 0 Å². The number of nitrogens with zero attached hydrogens (tertiary/aromatic N) is 3. The Hall–Kier alpha value is -1.33. The van der Waals surface area contributed by atoms with Crippen molar-refractivity contribution in [1.82, 2.24) is 14.8 Å². The predicted octanol–water partition coefficient (Wildman–Crippen LogP) is 1.64. The summed E-state index contributed by atoms with van der Waals surface area (Å²) in [5, 5.41) is 3.39. The number of carbonyl (C=O) groups excluding carboxylic acids is 1. The van der Waals surface area contributed by atoms with Gasteiger partial charge in [0, 0.05) is 24.8 Å². The summed E-state index contributed by atoms with van der Waals surface area (Å²) < 4.78 is 0. The zero-order valence-electron chi connectivity index (χ0n) is 9.90. The summed E-state index contributed by atoms with van der Waals surface area (Å²) in [4.78, 5) is 19.7. The first kappa shape index (κ1) is 12.1. The molecule has 0 unspecified atom stereocenters. The number of halogens is 1.